The lowest BCUT2D eigenvalue weighted by Gasteiger charge is -2.30. The number of halogens is 1. The van der Waals surface area contributed by atoms with Gasteiger partial charge in [0.15, 0.2) is 5.76 Å². The van der Waals surface area contributed by atoms with E-state index in [0.717, 1.165) is 5.56 Å². The highest BCUT2D eigenvalue weighted by Crippen LogP contribution is 2.21. The zero-order valence-electron chi connectivity index (χ0n) is 16.2. The van der Waals surface area contributed by atoms with Gasteiger partial charge in [-0.05, 0) is 49.1 Å². The number of aryl methyl sites for hydroxylation is 1. The number of benzene rings is 1. The quantitative estimate of drug-likeness (QED) is 0.826. The zero-order valence-corrected chi connectivity index (χ0v) is 16.2. The van der Waals surface area contributed by atoms with E-state index in [0.29, 0.717) is 50.4 Å². The van der Waals surface area contributed by atoms with Gasteiger partial charge in [-0.2, -0.15) is 0 Å². The second-order valence-electron chi connectivity index (χ2n) is 7.07. The van der Waals surface area contributed by atoms with Gasteiger partial charge in [0.25, 0.3) is 5.91 Å². The maximum Gasteiger partial charge on any atom is 0.289 e. The lowest BCUT2D eigenvalue weighted by Crippen LogP contribution is -2.42. The highest BCUT2D eigenvalue weighted by molar-refractivity contribution is 5.91. The van der Waals surface area contributed by atoms with Crippen molar-refractivity contribution < 1.29 is 23.1 Å². The van der Waals surface area contributed by atoms with Crippen molar-refractivity contribution in [1.29, 1.82) is 0 Å². The average molecular weight is 388 g/mol. The fourth-order valence-electron chi connectivity index (χ4n) is 3.29. The van der Waals surface area contributed by atoms with Crippen LogP contribution in [0.1, 0.15) is 40.3 Å². The van der Waals surface area contributed by atoms with E-state index in [2.05, 4.69) is 5.32 Å². The number of methoxy groups -OCH3 is 1. The molecule has 1 N–H and O–H groups in total. The lowest BCUT2D eigenvalue weighted by molar-refractivity contribution is -0.126. The first-order valence-electron chi connectivity index (χ1n) is 9.37. The smallest absolute Gasteiger partial charge is 0.289 e. The number of amides is 2. The molecular weight excluding hydrogens is 363 g/mol. The molecule has 1 saturated heterocycles. The van der Waals surface area contributed by atoms with Crippen LogP contribution in [-0.4, -0.2) is 36.9 Å². The molecule has 0 spiro atoms. The van der Waals surface area contributed by atoms with Crippen molar-refractivity contribution in [2.24, 2.45) is 5.92 Å². The van der Waals surface area contributed by atoms with Gasteiger partial charge in [-0.1, -0.05) is 12.1 Å². The van der Waals surface area contributed by atoms with Crippen LogP contribution in [0.25, 0.3) is 0 Å². The van der Waals surface area contributed by atoms with E-state index in [1.165, 1.54) is 6.07 Å². The summed E-state index contributed by atoms with van der Waals surface area (Å²) in [5.41, 5.74) is 1.31. The molecule has 1 aromatic heterocycles. The molecule has 7 heteroatoms. The Kier molecular flexibility index (Phi) is 6.46. The lowest BCUT2D eigenvalue weighted by atomic mass is 9.95. The number of carbonyl (C=O) groups is 2. The second kappa shape index (κ2) is 9.01. The summed E-state index contributed by atoms with van der Waals surface area (Å²) < 4.78 is 24.1. The molecule has 2 amide bonds. The highest BCUT2D eigenvalue weighted by atomic mass is 19.1. The molecule has 2 heterocycles. The number of likely N-dealkylation sites (tertiary alicyclic amines) is 1. The molecule has 28 heavy (non-hydrogen) atoms. The van der Waals surface area contributed by atoms with Crippen molar-refractivity contribution in [3.05, 3.63) is 58.8 Å². The van der Waals surface area contributed by atoms with E-state index in [-0.39, 0.29) is 29.3 Å². The first kappa shape index (κ1) is 20.1. The molecule has 1 fully saturated rings. The SMILES string of the molecule is COCc1ccc(C(=O)N2CCC(C(=O)NCc3ccc(C)c(F)c3)CC2)o1. The summed E-state index contributed by atoms with van der Waals surface area (Å²) in [5, 5.41) is 2.87. The Morgan fingerprint density at radius 3 is 2.68 bits per heavy atom. The molecular formula is C21H25FN2O4. The number of nitrogens with zero attached hydrogens (tertiary/aromatic N) is 1. The minimum atomic E-state index is -0.273. The van der Waals surface area contributed by atoms with Crippen LogP contribution < -0.4 is 5.32 Å². The number of piperidine rings is 1. The van der Waals surface area contributed by atoms with Gasteiger partial charge in [0.1, 0.15) is 18.2 Å². The maximum atomic E-state index is 13.6. The predicted molar refractivity (Wildman–Crippen MR) is 101 cm³/mol. The van der Waals surface area contributed by atoms with Crippen LogP contribution in [0.15, 0.2) is 34.7 Å². The molecule has 2 aromatic rings. The number of carbonyl (C=O) groups excluding carboxylic acids is 2. The summed E-state index contributed by atoms with van der Waals surface area (Å²) in [6, 6.07) is 8.33. The molecule has 1 aliphatic rings. The number of nitrogens with one attached hydrogen (secondary N) is 1. The van der Waals surface area contributed by atoms with Gasteiger partial charge >= 0.3 is 0 Å². The molecule has 0 aliphatic carbocycles. The van der Waals surface area contributed by atoms with E-state index in [1.807, 2.05) is 0 Å². The van der Waals surface area contributed by atoms with Crippen molar-refractivity contribution in [3.8, 4) is 0 Å². The molecule has 0 atom stereocenters. The van der Waals surface area contributed by atoms with Gasteiger partial charge < -0.3 is 19.4 Å². The van der Waals surface area contributed by atoms with E-state index in [1.54, 1.807) is 43.2 Å². The third-order valence-electron chi connectivity index (χ3n) is 5.01. The second-order valence-corrected chi connectivity index (χ2v) is 7.07. The highest BCUT2D eigenvalue weighted by Gasteiger charge is 2.28. The molecule has 0 unspecified atom stereocenters. The van der Waals surface area contributed by atoms with Gasteiger partial charge in [-0.3, -0.25) is 9.59 Å². The fourth-order valence-corrected chi connectivity index (χ4v) is 3.29. The van der Waals surface area contributed by atoms with Crippen molar-refractivity contribution in [2.75, 3.05) is 20.2 Å². The Hall–Kier alpha value is -2.67. The van der Waals surface area contributed by atoms with Gasteiger partial charge in [-0.25, -0.2) is 4.39 Å². The van der Waals surface area contributed by atoms with Crippen LogP contribution in [0.3, 0.4) is 0 Å². The van der Waals surface area contributed by atoms with Gasteiger partial charge in [0, 0.05) is 32.7 Å². The number of hydrogen-bond acceptors (Lipinski definition) is 4. The molecule has 1 aliphatic heterocycles. The predicted octanol–water partition coefficient (Wildman–Crippen LogP) is 3.04. The monoisotopic (exact) mass is 388 g/mol. The average Bonchev–Trinajstić information content (AvgIpc) is 3.17. The van der Waals surface area contributed by atoms with E-state index < -0.39 is 0 Å². The number of ether oxygens (including phenoxy) is 1. The van der Waals surface area contributed by atoms with E-state index >= 15 is 0 Å². The molecule has 3 rings (SSSR count). The zero-order chi connectivity index (χ0) is 20.1. The number of hydrogen-bond donors (Lipinski definition) is 1. The van der Waals surface area contributed by atoms with Crippen LogP contribution >= 0.6 is 0 Å². The van der Waals surface area contributed by atoms with Crippen LogP contribution in [0.5, 0.6) is 0 Å². The third kappa shape index (κ3) is 4.78. The minimum absolute atomic E-state index is 0.0616. The fraction of sp³-hybridized carbons (Fsp3) is 0.429. The molecule has 150 valence electrons. The van der Waals surface area contributed by atoms with Crippen molar-refractivity contribution >= 4 is 11.8 Å². The summed E-state index contributed by atoms with van der Waals surface area (Å²) >= 11 is 0. The number of rotatable bonds is 6. The molecule has 6 nitrogen and oxygen atoms in total. The van der Waals surface area contributed by atoms with Crippen LogP contribution in [0, 0.1) is 18.7 Å². The molecule has 1 aromatic carbocycles. The van der Waals surface area contributed by atoms with Crippen molar-refractivity contribution in [2.45, 2.75) is 32.9 Å². The van der Waals surface area contributed by atoms with Crippen LogP contribution in [0.4, 0.5) is 4.39 Å². The Morgan fingerprint density at radius 1 is 1.25 bits per heavy atom. The minimum Gasteiger partial charge on any atom is -0.453 e. The first-order valence-corrected chi connectivity index (χ1v) is 9.37. The Balaban J connectivity index is 1.47. The Morgan fingerprint density at radius 2 is 2.00 bits per heavy atom. The van der Waals surface area contributed by atoms with Crippen LogP contribution in [-0.2, 0) is 22.7 Å². The number of furan rings is 1. The van der Waals surface area contributed by atoms with E-state index in [4.69, 9.17) is 9.15 Å². The molecule has 0 saturated carbocycles. The van der Waals surface area contributed by atoms with Gasteiger partial charge in [-0.15, -0.1) is 0 Å². The molecule has 0 radical (unpaired) electrons. The Bertz CT molecular complexity index is 841. The van der Waals surface area contributed by atoms with Crippen molar-refractivity contribution in [1.82, 2.24) is 10.2 Å². The van der Waals surface area contributed by atoms with E-state index in [9.17, 15) is 14.0 Å². The summed E-state index contributed by atoms with van der Waals surface area (Å²) in [4.78, 5) is 26.6. The van der Waals surface area contributed by atoms with Gasteiger partial charge in [0.05, 0.1) is 0 Å². The summed E-state index contributed by atoms with van der Waals surface area (Å²) in [6.07, 6.45) is 1.18. The Labute approximate surface area is 163 Å². The standard InChI is InChI=1S/C21H25FN2O4/c1-14-3-4-15(11-18(14)22)12-23-20(25)16-7-9-24(10-8-16)21(26)19-6-5-17(28-19)13-27-2/h3-6,11,16H,7-10,12-13H2,1-2H3,(H,23,25). The normalized spacial score (nSPS) is 14.9. The largest absolute Gasteiger partial charge is 0.453 e. The topological polar surface area (TPSA) is 71.8 Å². The van der Waals surface area contributed by atoms with Gasteiger partial charge in [0.2, 0.25) is 5.91 Å². The summed E-state index contributed by atoms with van der Waals surface area (Å²) in [6.45, 7) is 3.31. The summed E-state index contributed by atoms with van der Waals surface area (Å²) in [5.74, 6) is 0.235. The summed E-state index contributed by atoms with van der Waals surface area (Å²) in [7, 11) is 1.56. The van der Waals surface area contributed by atoms with Crippen molar-refractivity contribution in [3.63, 3.8) is 0 Å². The third-order valence-corrected chi connectivity index (χ3v) is 5.01. The van der Waals surface area contributed by atoms with Crippen LogP contribution in [0.2, 0.25) is 0 Å². The first-order chi connectivity index (χ1) is 13.5. The molecule has 0 bridgehead atoms. The maximum absolute atomic E-state index is 13.6.